The summed E-state index contributed by atoms with van der Waals surface area (Å²) in [7, 11) is 0. The highest BCUT2D eigenvalue weighted by Crippen LogP contribution is 2.29. The SMILES string of the molecule is O=C(N[C@H]1CCCc2ccccc21)c1cc(-c2cccnc2)on1. The van der Waals surface area contributed by atoms with Gasteiger partial charge in [-0.05, 0) is 42.5 Å². The minimum atomic E-state index is -0.212. The average Bonchev–Trinajstić information content (AvgIpc) is 3.13. The van der Waals surface area contributed by atoms with Crippen molar-refractivity contribution in [3.63, 3.8) is 0 Å². The molecule has 0 unspecified atom stereocenters. The molecule has 0 aliphatic heterocycles. The predicted molar refractivity (Wildman–Crippen MR) is 89.3 cm³/mol. The van der Waals surface area contributed by atoms with Crippen LogP contribution in [0.1, 0.15) is 40.5 Å². The van der Waals surface area contributed by atoms with E-state index < -0.39 is 0 Å². The Kier molecular flexibility index (Phi) is 3.83. The molecule has 2 heterocycles. The molecule has 4 rings (SSSR count). The lowest BCUT2D eigenvalue weighted by Gasteiger charge is -2.25. The summed E-state index contributed by atoms with van der Waals surface area (Å²) >= 11 is 0. The van der Waals surface area contributed by atoms with E-state index in [9.17, 15) is 4.79 Å². The quantitative estimate of drug-likeness (QED) is 0.801. The molecule has 1 aromatic carbocycles. The van der Waals surface area contributed by atoms with Crippen LogP contribution in [0.4, 0.5) is 0 Å². The molecule has 1 aliphatic rings. The number of nitrogens with one attached hydrogen (secondary N) is 1. The zero-order chi connectivity index (χ0) is 16.4. The number of hydrogen-bond acceptors (Lipinski definition) is 4. The van der Waals surface area contributed by atoms with Crippen molar-refractivity contribution < 1.29 is 9.32 Å². The number of pyridine rings is 1. The van der Waals surface area contributed by atoms with Crippen molar-refractivity contribution in [2.45, 2.75) is 25.3 Å². The summed E-state index contributed by atoms with van der Waals surface area (Å²) in [4.78, 5) is 16.6. The second-order valence-electron chi connectivity index (χ2n) is 5.94. The van der Waals surface area contributed by atoms with E-state index in [-0.39, 0.29) is 17.6 Å². The number of carbonyl (C=O) groups excluding carboxylic acids is 1. The minimum absolute atomic E-state index is 0.0287. The van der Waals surface area contributed by atoms with Gasteiger partial charge in [0.1, 0.15) is 0 Å². The van der Waals surface area contributed by atoms with Gasteiger partial charge in [0.25, 0.3) is 5.91 Å². The molecule has 0 radical (unpaired) electrons. The van der Waals surface area contributed by atoms with Gasteiger partial charge in [0, 0.05) is 24.0 Å². The Morgan fingerprint density at radius 1 is 1.21 bits per heavy atom. The molecule has 1 aliphatic carbocycles. The first-order valence-corrected chi connectivity index (χ1v) is 8.07. The third-order valence-electron chi connectivity index (χ3n) is 4.36. The fourth-order valence-corrected chi connectivity index (χ4v) is 3.16. The van der Waals surface area contributed by atoms with Crippen LogP contribution in [0.3, 0.4) is 0 Å². The zero-order valence-corrected chi connectivity index (χ0v) is 13.1. The summed E-state index contributed by atoms with van der Waals surface area (Å²) in [6.07, 6.45) is 6.45. The van der Waals surface area contributed by atoms with Crippen molar-refractivity contribution >= 4 is 5.91 Å². The van der Waals surface area contributed by atoms with Crippen LogP contribution in [-0.2, 0) is 6.42 Å². The van der Waals surface area contributed by atoms with Gasteiger partial charge in [0.15, 0.2) is 11.5 Å². The van der Waals surface area contributed by atoms with E-state index in [4.69, 9.17) is 4.52 Å². The van der Waals surface area contributed by atoms with Gasteiger partial charge in [-0.1, -0.05) is 29.4 Å². The van der Waals surface area contributed by atoms with Gasteiger partial charge in [-0.3, -0.25) is 9.78 Å². The second kappa shape index (κ2) is 6.28. The molecule has 120 valence electrons. The standard InChI is InChI=1S/C19H17N3O2/c23-19(17-11-18(24-22-17)14-7-4-10-20-12-14)21-16-9-3-6-13-5-1-2-8-15(13)16/h1-2,4-5,7-8,10-12,16H,3,6,9H2,(H,21,23)/t16-/m0/s1. The number of aromatic nitrogens is 2. The van der Waals surface area contributed by atoms with E-state index in [0.717, 1.165) is 24.8 Å². The lowest BCUT2D eigenvalue weighted by molar-refractivity contribution is 0.0923. The number of aryl methyl sites for hydroxylation is 1. The molecular weight excluding hydrogens is 302 g/mol. The fourth-order valence-electron chi connectivity index (χ4n) is 3.16. The molecule has 24 heavy (non-hydrogen) atoms. The Hall–Kier alpha value is -2.95. The third-order valence-corrected chi connectivity index (χ3v) is 4.36. The molecule has 1 atom stereocenters. The van der Waals surface area contributed by atoms with Crippen molar-refractivity contribution in [1.29, 1.82) is 0 Å². The Balaban J connectivity index is 1.53. The summed E-state index contributed by atoms with van der Waals surface area (Å²) in [5.41, 5.74) is 3.60. The van der Waals surface area contributed by atoms with Crippen molar-refractivity contribution in [1.82, 2.24) is 15.5 Å². The lowest BCUT2D eigenvalue weighted by Crippen LogP contribution is -2.31. The molecule has 0 bridgehead atoms. The van der Waals surface area contributed by atoms with Crippen molar-refractivity contribution in [2.24, 2.45) is 0 Å². The highest BCUT2D eigenvalue weighted by molar-refractivity contribution is 5.93. The summed E-state index contributed by atoms with van der Waals surface area (Å²) in [5.74, 6) is 0.327. The molecule has 5 heteroatoms. The number of benzene rings is 1. The van der Waals surface area contributed by atoms with Crippen LogP contribution >= 0.6 is 0 Å². The van der Waals surface area contributed by atoms with Crippen molar-refractivity contribution in [3.8, 4) is 11.3 Å². The third kappa shape index (κ3) is 2.80. The van der Waals surface area contributed by atoms with Crippen molar-refractivity contribution in [3.05, 3.63) is 71.7 Å². The van der Waals surface area contributed by atoms with Gasteiger partial charge >= 0.3 is 0 Å². The maximum absolute atomic E-state index is 12.5. The van der Waals surface area contributed by atoms with Crippen LogP contribution in [0.25, 0.3) is 11.3 Å². The number of fused-ring (bicyclic) bond motifs is 1. The summed E-state index contributed by atoms with van der Waals surface area (Å²) in [5, 5.41) is 6.98. The summed E-state index contributed by atoms with van der Waals surface area (Å²) in [6, 6.07) is 13.6. The van der Waals surface area contributed by atoms with Gasteiger partial charge in [-0.15, -0.1) is 0 Å². The topological polar surface area (TPSA) is 68.0 Å². The highest BCUT2D eigenvalue weighted by atomic mass is 16.5. The van der Waals surface area contributed by atoms with Gasteiger partial charge in [0.2, 0.25) is 0 Å². The molecule has 2 aromatic heterocycles. The van der Waals surface area contributed by atoms with Gasteiger partial charge in [-0.2, -0.15) is 0 Å². The molecule has 1 amide bonds. The second-order valence-corrected chi connectivity index (χ2v) is 5.94. The minimum Gasteiger partial charge on any atom is -0.355 e. The fraction of sp³-hybridized carbons (Fsp3) is 0.211. The molecular formula is C19H17N3O2. The van der Waals surface area contributed by atoms with Gasteiger partial charge in [0.05, 0.1) is 6.04 Å². The molecule has 1 N–H and O–H groups in total. The van der Waals surface area contributed by atoms with E-state index in [1.807, 2.05) is 24.3 Å². The summed E-state index contributed by atoms with van der Waals surface area (Å²) in [6.45, 7) is 0. The molecule has 5 nitrogen and oxygen atoms in total. The van der Waals surface area contributed by atoms with E-state index >= 15 is 0 Å². The monoisotopic (exact) mass is 319 g/mol. The number of nitrogens with zero attached hydrogens (tertiary/aromatic N) is 2. The smallest absolute Gasteiger partial charge is 0.273 e. The van der Waals surface area contributed by atoms with E-state index in [2.05, 4.69) is 27.6 Å². The highest BCUT2D eigenvalue weighted by Gasteiger charge is 2.23. The largest absolute Gasteiger partial charge is 0.355 e. The Bertz CT molecular complexity index is 858. The number of carbonyl (C=O) groups is 1. The number of rotatable bonds is 3. The first-order chi connectivity index (χ1) is 11.8. The van der Waals surface area contributed by atoms with Gasteiger partial charge < -0.3 is 9.84 Å². The van der Waals surface area contributed by atoms with Gasteiger partial charge in [-0.25, -0.2) is 0 Å². The maximum atomic E-state index is 12.5. The van der Waals surface area contributed by atoms with Crippen LogP contribution in [-0.4, -0.2) is 16.0 Å². The zero-order valence-electron chi connectivity index (χ0n) is 13.1. The van der Waals surface area contributed by atoms with Crippen LogP contribution in [0.2, 0.25) is 0 Å². The number of hydrogen-bond donors (Lipinski definition) is 1. The molecule has 0 spiro atoms. The normalized spacial score (nSPS) is 16.4. The van der Waals surface area contributed by atoms with E-state index in [0.29, 0.717) is 5.76 Å². The molecule has 0 fully saturated rings. The molecule has 0 saturated heterocycles. The van der Waals surface area contributed by atoms with E-state index in [1.165, 1.54) is 11.1 Å². The molecule has 0 saturated carbocycles. The van der Waals surface area contributed by atoms with Crippen LogP contribution in [0, 0.1) is 0 Å². The van der Waals surface area contributed by atoms with Crippen LogP contribution in [0.15, 0.2) is 59.4 Å². The van der Waals surface area contributed by atoms with Crippen LogP contribution < -0.4 is 5.32 Å². The Labute approximate surface area is 139 Å². The molecule has 3 aromatic rings. The first kappa shape index (κ1) is 14.6. The van der Waals surface area contributed by atoms with E-state index in [1.54, 1.807) is 18.5 Å². The summed E-state index contributed by atoms with van der Waals surface area (Å²) < 4.78 is 5.28. The average molecular weight is 319 g/mol. The first-order valence-electron chi connectivity index (χ1n) is 8.07. The Morgan fingerprint density at radius 3 is 3.00 bits per heavy atom. The predicted octanol–water partition coefficient (Wildman–Crippen LogP) is 3.54. The lowest BCUT2D eigenvalue weighted by atomic mass is 9.87. The maximum Gasteiger partial charge on any atom is 0.273 e. The number of amides is 1. The van der Waals surface area contributed by atoms with Crippen LogP contribution in [0.5, 0.6) is 0 Å². The Morgan fingerprint density at radius 2 is 2.12 bits per heavy atom. The van der Waals surface area contributed by atoms with Crippen molar-refractivity contribution in [2.75, 3.05) is 0 Å².